The molecular formula is C15H19N3. The molecule has 0 aliphatic rings. The molecule has 0 spiro atoms. The van der Waals surface area contributed by atoms with Crippen LogP contribution in [0.3, 0.4) is 0 Å². The van der Waals surface area contributed by atoms with Crippen LogP contribution in [0.4, 0.5) is 5.82 Å². The first kappa shape index (κ1) is 12.6. The average molecular weight is 241 g/mol. The Morgan fingerprint density at radius 2 is 2.11 bits per heavy atom. The van der Waals surface area contributed by atoms with Crippen molar-refractivity contribution in [3.8, 4) is 0 Å². The first-order valence-electron chi connectivity index (χ1n) is 6.22. The second-order valence-electron chi connectivity index (χ2n) is 4.38. The van der Waals surface area contributed by atoms with Crippen LogP contribution >= 0.6 is 0 Å². The lowest BCUT2D eigenvalue weighted by Gasteiger charge is -2.20. The molecule has 0 saturated carbocycles. The van der Waals surface area contributed by atoms with Crippen LogP contribution < -0.4 is 11.1 Å². The van der Waals surface area contributed by atoms with Gasteiger partial charge in [-0.25, -0.2) is 4.98 Å². The van der Waals surface area contributed by atoms with Crippen LogP contribution in [0.15, 0.2) is 42.6 Å². The largest absolute Gasteiger partial charge is 0.383 e. The fourth-order valence-corrected chi connectivity index (χ4v) is 2.14. The van der Waals surface area contributed by atoms with Crippen LogP contribution in [0.5, 0.6) is 0 Å². The second-order valence-corrected chi connectivity index (χ2v) is 4.38. The molecule has 0 amide bonds. The zero-order valence-corrected chi connectivity index (χ0v) is 10.9. The number of anilines is 1. The molecule has 1 aromatic heterocycles. The lowest BCUT2D eigenvalue weighted by Crippen LogP contribution is -2.23. The van der Waals surface area contributed by atoms with Crippen molar-refractivity contribution >= 4 is 5.82 Å². The number of hydrogen-bond acceptors (Lipinski definition) is 3. The van der Waals surface area contributed by atoms with Gasteiger partial charge in [0.05, 0.1) is 6.04 Å². The van der Waals surface area contributed by atoms with Gasteiger partial charge in [0.2, 0.25) is 0 Å². The third kappa shape index (κ3) is 2.68. The summed E-state index contributed by atoms with van der Waals surface area (Å²) in [5, 5.41) is 3.46. The smallest absolute Gasteiger partial charge is 0.128 e. The highest BCUT2D eigenvalue weighted by atomic mass is 14.9. The monoisotopic (exact) mass is 241 g/mol. The molecule has 1 heterocycles. The molecule has 3 N–H and O–H groups in total. The number of benzene rings is 1. The van der Waals surface area contributed by atoms with Crippen molar-refractivity contribution in [1.82, 2.24) is 10.3 Å². The van der Waals surface area contributed by atoms with E-state index in [9.17, 15) is 0 Å². The van der Waals surface area contributed by atoms with Crippen LogP contribution in [0.25, 0.3) is 0 Å². The minimum atomic E-state index is 0.101. The zero-order valence-electron chi connectivity index (χ0n) is 10.9. The summed E-state index contributed by atoms with van der Waals surface area (Å²) < 4.78 is 0. The molecule has 1 aromatic carbocycles. The molecular weight excluding hydrogens is 222 g/mol. The minimum absolute atomic E-state index is 0.101. The highest BCUT2D eigenvalue weighted by Crippen LogP contribution is 2.25. The SMILES string of the molecule is CCNC(c1cccc(C)c1)c1cccnc1N. The van der Waals surface area contributed by atoms with Crippen molar-refractivity contribution in [2.24, 2.45) is 0 Å². The molecule has 3 heteroatoms. The van der Waals surface area contributed by atoms with Crippen molar-refractivity contribution in [2.75, 3.05) is 12.3 Å². The molecule has 18 heavy (non-hydrogen) atoms. The Morgan fingerprint density at radius 1 is 1.28 bits per heavy atom. The third-order valence-corrected chi connectivity index (χ3v) is 2.97. The van der Waals surface area contributed by atoms with Gasteiger partial charge in [0.1, 0.15) is 5.82 Å². The summed E-state index contributed by atoms with van der Waals surface area (Å²) in [6, 6.07) is 12.5. The van der Waals surface area contributed by atoms with E-state index in [1.54, 1.807) is 6.20 Å². The fourth-order valence-electron chi connectivity index (χ4n) is 2.14. The van der Waals surface area contributed by atoms with Crippen molar-refractivity contribution in [2.45, 2.75) is 19.9 Å². The van der Waals surface area contributed by atoms with E-state index in [4.69, 9.17) is 5.73 Å². The molecule has 0 aliphatic heterocycles. The summed E-state index contributed by atoms with van der Waals surface area (Å²) in [5.41, 5.74) is 9.48. The molecule has 3 nitrogen and oxygen atoms in total. The number of nitrogen functional groups attached to an aromatic ring is 1. The van der Waals surface area contributed by atoms with Crippen molar-refractivity contribution in [3.63, 3.8) is 0 Å². The Balaban J connectivity index is 2.43. The Morgan fingerprint density at radius 3 is 2.78 bits per heavy atom. The summed E-state index contributed by atoms with van der Waals surface area (Å²) in [7, 11) is 0. The van der Waals surface area contributed by atoms with Gasteiger partial charge in [-0.1, -0.05) is 42.8 Å². The van der Waals surface area contributed by atoms with E-state index in [0.717, 1.165) is 12.1 Å². The van der Waals surface area contributed by atoms with Crippen LogP contribution in [0.1, 0.15) is 29.7 Å². The van der Waals surface area contributed by atoms with E-state index >= 15 is 0 Å². The van der Waals surface area contributed by atoms with Crippen molar-refractivity contribution < 1.29 is 0 Å². The predicted molar refractivity (Wildman–Crippen MR) is 75.3 cm³/mol. The summed E-state index contributed by atoms with van der Waals surface area (Å²) in [6.45, 7) is 5.07. The average Bonchev–Trinajstić information content (AvgIpc) is 2.37. The van der Waals surface area contributed by atoms with Crippen LogP contribution in [-0.2, 0) is 0 Å². The van der Waals surface area contributed by atoms with E-state index in [-0.39, 0.29) is 6.04 Å². The Bertz CT molecular complexity index is 523. The summed E-state index contributed by atoms with van der Waals surface area (Å²) in [4.78, 5) is 4.17. The van der Waals surface area contributed by atoms with Gasteiger partial charge in [-0.05, 0) is 25.1 Å². The molecule has 1 atom stereocenters. The van der Waals surface area contributed by atoms with E-state index in [1.165, 1.54) is 11.1 Å². The Kier molecular flexibility index (Phi) is 3.95. The molecule has 1 unspecified atom stereocenters. The first-order valence-corrected chi connectivity index (χ1v) is 6.22. The van der Waals surface area contributed by atoms with Gasteiger partial charge in [-0.2, -0.15) is 0 Å². The lowest BCUT2D eigenvalue weighted by molar-refractivity contribution is 0.630. The van der Waals surface area contributed by atoms with Gasteiger partial charge in [-0.3, -0.25) is 0 Å². The number of rotatable bonds is 4. The highest BCUT2D eigenvalue weighted by Gasteiger charge is 2.15. The number of pyridine rings is 1. The third-order valence-electron chi connectivity index (χ3n) is 2.97. The van der Waals surface area contributed by atoms with E-state index in [0.29, 0.717) is 5.82 Å². The van der Waals surface area contributed by atoms with E-state index in [2.05, 4.69) is 48.4 Å². The summed E-state index contributed by atoms with van der Waals surface area (Å²) in [6.07, 6.45) is 1.72. The molecule has 2 aromatic rings. The van der Waals surface area contributed by atoms with Gasteiger partial charge in [0.15, 0.2) is 0 Å². The second kappa shape index (κ2) is 5.65. The van der Waals surface area contributed by atoms with Gasteiger partial charge >= 0.3 is 0 Å². The standard InChI is InChI=1S/C15H19N3/c1-3-17-14(12-7-4-6-11(2)10-12)13-8-5-9-18-15(13)16/h4-10,14,17H,3H2,1-2H3,(H2,16,18). The molecule has 0 fully saturated rings. The number of nitrogens with one attached hydrogen (secondary N) is 1. The predicted octanol–water partition coefficient (Wildman–Crippen LogP) is 2.67. The molecule has 2 rings (SSSR count). The maximum absolute atomic E-state index is 5.98. The number of nitrogens with zero attached hydrogens (tertiary/aromatic N) is 1. The lowest BCUT2D eigenvalue weighted by atomic mass is 9.98. The number of aryl methyl sites for hydroxylation is 1. The first-order chi connectivity index (χ1) is 8.72. The molecule has 0 aliphatic carbocycles. The van der Waals surface area contributed by atoms with Gasteiger partial charge in [0.25, 0.3) is 0 Å². The summed E-state index contributed by atoms with van der Waals surface area (Å²) >= 11 is 0. The minimum Gasteiger partial charge on any atom is -0.383 e. The Hall–Kier alpha value is -1.87. The maximum atomic E-state index is 5.98. The quantitative estimate of drug-likeness (QED) is 0.865. The normalized spacial score (nSPS) is 12.3. The van der Waals surface area contributed by atoms with Crippen molar-refractivity contribution in [1.29, 1.82) is 0 Å². The Labute approximate surface area is 108 Å². The number of nitrogens with two attached hydrogens (primary N) is 1. The molecule has 0 saturated heterocycles. The van der Waals surface area contributed by atoms with Gasteiger partial charge in [0, 0.05) is 11.8 Å². The number of hydrogen-bond donors (Lipinski definition) is 2. The van der Waals surface area contributed by atoms with Gasteiger partial charge in [-0.15, -0.1) is 0 Å². The zero-order chi connectivity index (χ0) is 13.0. The van der Waals surface area contributed by atoms with Crippen LogP contribution in [-0.4, -0.2) is 11.5 Å². The highest BCUT2D eigenvalue weighted by molar-refractivity contribution is 5.46. The van der Waals surface area contributed by atoms with Crippen LogP contribution in [0.2, 0.25) is 0 Å². The maximum Gasteiger partial charge on any atom is 0.128 e. The molecule has 0 bridgehead atoms. The number of aromatic nitrogens is 1. The van der Waals surface area contributed by atoms with E-state index in [1.807, 2.05) is 12.1 Å². The molecule has 0 radical (unpaired) electrons. The van der Waals surface area contributed by atoms with E-state index < -0.39 is 0 Å². The van der Waals surface area contributed by atoms with Crippen LogP contribution in [0, 0.1) is 6.92 Å². The fraction of sp³-hybridized carbons (Fsp3) is 0.267. The van der Waals surface area contributed by atoms with Crippen molar-refractivity contribution in [3.05, 3.63) is 59.3 Å². The van der Waals surface area contributed by atoms with Gasteiger partial charge < -0.3 is 11.1 Å². The summed E-state index contributed by atoms with van der Waals surface area (Å²) in [5.74, 6) is 0.588. The molecule has 94 valence electrons. The topological polar surface area (TPSA) is 50.9 Å².